The first-order valence-electron chi connectivity index (χ1n) is 7.06. The minimum Gasteiger partial charge on any atom is -0.493 e. The molecule has 4 aromatic rings. The molecular formula is C17H13N3O3. The number of pyridine rings is 2. The van der Waals surface area contributed by atoms with Crippen LogP contribution in [-0.2, 0) is 0 Å². The SMILES string of the molecule is COc1ccc2cc3c(=O)nc4ccccn4c3nc2c1OC. The summed E-state index contributed by atoms with van der Waals surface area (Å²) in [5.41, 5.74) is 1.44. The van der Waals surface area contributed by atoms with Gasteiger partial charge in [0, 0.05) is 11.6 Å². The Morgan fingerprint density at radius 1 is 1.04 bits per heavy atom. The van der Waals surface area contributed by atoms with E-state index in [0.717, 1.165) is 5.39 Å². The number of rotatable bonds is 2. The van der Waals surface area contributed by atoms with Gasteiger partial charge in [-0.2, -0.15) is 4.98 Å². The van der Waals surface area contributed by atoms with E-state index >= 15 is 0 Å². The molecular weight excluding hydrogens is 294 g/mol. The molecule has 0 amide bonds. The highest BCUT2D eigenvalue weighted by Gasteiger charge is 2.14. The number of ether oxygens (including phenoxy) is 2. The molecule has 0 saturated heterocycles. The molecule has 0 radical (unpaired) electrons. The van der Waals surface area contributed by atoms with Gasteiger partial charge in [-0.15, -0.1) is 0 Å². The Labute approximate surface area is 130 Å². The van der Waals surface area contributed by atoms with Crippen LogP contribution in [0.15, 0.2) is 47.4 Å². The molecule has 1 aromatic carbocycles. The fraction of sp³-hybridized carbons (Fsp3) is 0.118. The average Bonchev–Trinajstić information content (AvgIpc) is 2.59. The van der Waals surface area contributed by atoms with Crippen LogP contribution in [0.1, 0.15) is 0 Å². The molecule has 0 aliphatic heterocycles. The highest BCUT2D eigenvalue weighted by atomic mass is 16.5. The Morgan fingerprint density at radius 3 is 2.70 bits per heavy atom. The van der Waals surface area contributed by atoms with Crippen LogP contribution in [0.3, 0.4) is 0 Å². The van der Waals surface area contributed by atoms with E-state index in [4.69, 9.17) is 9.47 Å². The van der Waals surface area contributed by atoms with Crippen molar-refractivity contribution in [3.8, 4) is 11.5 Å². The lowest BCUT2D eigenvalue weighted by Crippen LogP contribution is -2.11. The van der Waals surface area contributed by atoms with Crippen molar-refractivity contribution in [2.45, 2.75) is 0 Å². The lowest BCUT2D eigenvalue weighted by atomic mass is 10.1. The van der Waals surface area contributed by atoms with Crippen molar-refractivity contribution in [2.24, 2.45) is 0 Å². The monoisotopic (exact) mass is 307 g/mol. The number of fused-ring (bicyclic) bond motifs is 4. The Balaban J connectivity index is 2.25. The Hall–Kier alpha value is -3.15. The van der Waals surface area contributed by atoms with Gasteiger partial charge in [-0.3, -0.25) is 9.20 Å². The molecule has 3 heterocycles. The predicted octanol–water partition coefficient (Wildman–Crippen LogP) is 2.41. The molecule has 6 nitrogen and oxygen atoms in total. The van der Waals surface area contributed by atoms with Crippen LogP contribution in [0.5, 0.6) is 11.5 Å². The van der Waals surface area contributed by atoms with Gasteiger partial charge in [-0.25, -0.2) is 4.98 Å². The standard InChI is InChI=1S/C17H13N3O3/c1-22-12-7-6-10-9-11-16(19-14(10)15(12)23-2)20-8-4-3-5-13(20)18-17(11)21/h3-9H,1-2H3. The third-order valence-corrected chi connectivity index (χ3v) is 3.82. The summed E-state index contributed by atoms with van der Waals surface area (Å²) in [7, 11) is 3.15. The number of hydrogen-bond donors (Lipinski definition) is 0. The maximum Gasteiger partial charge on any atom is 0.282 e. The van der Waals surface area contributed by atoms with E-state index in [9.17, 15) is 4.79 Å². The zero-order valence-electron chi connectivity index (χ0n) is 12.6. The third kappa shape index (κ3) is 1.92. The molecule has 114 valence electrons. The summed E-state index contributed by atoms with van der Waals surface area (Å²) < 4.78 is 12.6. The van der Waals surface area contributed by atoms with Gasteiger partial charge in [0.05, 0.1) is 19.6 Å². The molecule has 0 unspecified atom stereocenters. The van der Waals surface area contributed by atoms with Crippen molar-refractivity contribution in [1.82, 2.24) is 14.4 Å². The summed E-state index contributed by atoms with van der Waals surface area (Å²) in [5.74, 6) is 1.14. The minimum absolute atomic E-state index is 0.296. The van der Waals surface area contributed by atoms with E-state index in [1.807, 2.05) is 24.4 Å². The summed E-state index contributed by atoms with van der Waals surface area (Å²) in [6, 6.07) is 10.9. The third-order valence-electron chi connectivity index (χ3n) is 3.82. The van der Waals surface area contributed by atoms with Gasteiger partial charge in [0.2, 0.25) is 0 Å². The second-order valence-electron chi connectivity index (χ2n) is 5.08. The van der Waals surface area contributed by atoms with Crippen LogP contribution in [0.2, 0.25) is 0 Å². The lowest BCUT2D eigenvalue weighted by Gasteiger charge is -2.11. The first-order valence-corrected chi connectivity index (χ1v) is 7.06. The van der Waals surface area contributed by atoms with Crippen molar-refractivity contribution >= 4 is 27.6 Å². The van der Waals surface area contributed by atoms with Crippen LogP contribution in [-0.4, -0.2) is 28.6 Å². The number of hydrogen-bond acceptors (Lipinski definition) is 5. The summed E-state index contributed by atoms with van der Waals surface area (Å²) in [6.45, 7) is 0. The van der Waals surface area contributed by atoms with E-state index in [2.05, 4.69) is 9.97 Å². The number of aromatic nitrogens is 3. The molecule has 0 aliphatic rings. The molecule has 23 heavy (non-hydrogen) atoms. The number of methoxy groups -OCH3 is 2. The van der Waals surface area contributed by atoms with Crippen molar-refractivity contribution in [3.05, 3.63) is 52.9 Å². The van der Waals surface area contributed by atoms with Crippen LogP contribution < -0.4 is 15.0 Å². The zero-order chi connectivity index (χ0) is 16.0. The second kappa shape index (κ2) is 4.95. The van der Waals surface area contributed by atoms with E-state index in [0.29, 0.717) is 33.7 Å². The van der Waals surface area contributed by atoms with Crippen LogP contribution >= 0.6 is 0 Å². The van der Waals surface area contributed by atoms with Gasteiger partial charge >= 0.3 is 0 Å². The molecule has 0 spiro atoms. The van der Waals surface area contributed by atoms with Crippen molar-refractivity contribution in [3.63, 3.8) is 0 Å². The van der Waals surface area contributed by atoms with Crippen molar-refractivity contribution in [1.29, 1.82) is 0 Å². The fourth-order valence-electron chi connectivity index (χ4n) is 2.75. The summed E-state index contributed by atoms with van der Waals surface area (Å²) in [6.07, 6.45) is 1.83. The minimum atomic E-state index is -0.296. The maximum atomic E-state index is 12.3. The van der Waals surface area contributed by atoms with Gasteiger partial charge in [-0.05, 0) is 30.3 Å². The Kier molecular flexibility index (Phi) is 2.90. The molecule has 0 bridgehead atoms. The lowest BCUT2D eigenvalue weighted by molar-refractivity contribution is 0.358. The smallest absolute Gasteiger partial charge is 0.282 e. The van der Waals surface area contributed by atoms with Crippen LogP contribution in [0, 0.1) is 0 Å². The summed E-state index contributed by atoms with van der Waals surface area (Å²) >= 11 is 0. The summed E-state index contributed by atoms with van der Waals surface area (Å²) in [4.78, 5) is 21.1. The Morgan fingerprint density at radius 2 is 1.91 bits per heavy atom. The predicted molar refractivity (Wildman–Crippen MR) is 87.4 cm³/mol. The van der Waals surface area contributed by atoms with Gasteiger partial charge in [0.25, 0.3) is 5.56 Å². The molecule has 3 aromatic heterocycles. The average molecular weight is 307 g/mol. The zero-order valence-corrected chi connectivity index (χ0v) is 12.6. The normalized spacial score (nSPS) is 11.2. The highest BCUT2D eigenvalue weighted by Crippen LogP contribution is 2.35. The molecule has 0 N–H and O–H groups in total. The van der Waals surface area contributed by atoms with Crippen LogP contribution in [0.4, 0.5) is 0 Å². The Bertz CT molecular complexity index is 1120. The molecule has 6 heteroatoms. The van der Waals surface area contributed by atoms with E-state index in [1.54, 1.807) is 36.8 Å². The number of nitrogens with zero attached hydrogens (tertiary/aromatic N) is 3. The highest BCUT2D eigenvalue weighted by molar-refractivity contribution is 5.95. The largest absolute Gasteiger partial charge is 0.493 e. The van der Waals surface area contributed by atoms with E-state index in [-0.39, 0.29) is 5.56 Å². The molecule has 0 aliphatic carbocycles. The molecule has 0 saturated carbocycles. The topological polar surface area (TPSA) is 65.7 Å². The molecule has 0 fully saturated rings. The van der Waals surface area contributed by atoms with Crippen molar-refractivity contribution in [2.75, 3.05) is 14.2 Å². The fourth-order valence-corrected chi connectivity index (χ4v) is 2.75. The number of benzene rings is 1. The van der Waals surface area contributed by atoms with Gasteiger partial charge in [0.1, 0.15) is 11.2 Å². The maximum absolute atomic E-state index is 12.3. The first-order chi connectivity index (χ1) is 11.2. The van der Waals surface area contributed by atoms with E-state index < -0.39 is 0 Å². The van der Waals surface area contributed by atoms with E-state index in [1.165, 1.54) is 0 Å². The molecule has 4 rings (SSSR count). The van der Waals surface area contributed by atoms with Gasteiger partial charge in [0.15, 0.2) is 17.1 Å². The molecule has 0 atom stereocenters. The quantitative estimate of drug-likeness (QED) is 0.420. The summed E-state index contributed by atoms with van der Waals surface area (Å²) in [5, 5.41) is 1.26. The van der Waals surface area contributed by atoms with Gasteiger partial charge < -0.3 is 9.47 Å². The first kappa shape index (κ1) is 13.5. The second-order valence-corrected chi connectivity index (χ2v) is 5.08. The van der Waals surface area contributed by atoms with Crippen molar-refractivity contribution < 1.29 is 9.47 Å². The van der Waals surface area contributed by atoms with Crippen LogP contribution in [0.25, 0.3) is 27.6 Å². The van der Waals surface area contributed by atoms with Gasteiger partial charge in [-0.1, -0.05) is 6.07 Å².